The lowest BCUT2D eigenvalue weighted by Gasteiger charge is -2.30. The van der Waals surface area contributed by atoms with Crippen molar-refractivity contribution in [2.75, 3.05) is 6.54 Å². The van der Waals surface area contributed by atoms with Crippen LogP contribution in [0, 0.1) is 0 Å². The molecule has 0 bridgehead atoms. The van der Waals surface area contributed by atoms with Gasteiger partial charge in [0.25, 0.3) is 0 Å². The van der Waals surface area contributed by atoms with E-state index in [1.54, 1.807) is 0 Å². The van der Waals surface area contributed by atoms with Gasteiger partial charge in [-0.15, -0.1) is 0 Å². The second-order valence-electron chi connectivity index (χ2n) is 9.93. The van der Waals surface area contributed by atoms with E-state index in [-0.39, 0.29) is 11.8 Å². The standard InChI is InChI=1S/C31H36N4O2/c1-31(2,30(37)34-21-24-14-7-4-8-15-24)35-28(20-25-22-33-27-18-10-9-17-26(25)27)29(36)32-19-11-16-23-12-5-3-6-13-23/h3-10,12-15,17-18,22,28,33,35H,11,16,19-21H2,1-2H3,(H,32,36)(H,34,37)/t28-/m0/s1. The molecule has 2 amide bonds. The molecule has 0 fully saturated rings. The number of aromatic amines is 1. The van der Waals surface area contributed by atoms with Gasteiger partial charge in [0.1, 0.15) is 0 Å². The third kappa shape index (κ3) is 7.30. The third-order valence-corrected chi connectivity index (χ3v) is 6.60. The minimum Gasteiger partial charge on any atom is -0.361 e. The maximum absolute atomic E-state index is 13.4. The Hall–Kier alpha value is -3.90. The van der Waals surface area contributed by atoms with Crippen molar-refractivity contribution in [3.05, 3.63) is 108 Å². The highest BCUT2D eigenvalue weighted by molar-refractivity contribution is 5.89. The fourth-order valence-electron chi connectivity index (χ4n) is 4.50. The van der Waals surface area contributed by atoms with Gasteiger partial charge in [-0.25, -0.2) is 0 Å². The lowest BCUT2D eigenvalue weighted by molar-refractivity contribution is -0.128. The number of aryl methyl sites for hydroxylation is 1. The number of rotatable bonds is 12. The summed E-state index contributed by atoms with van der Waals surface area (Å²) in [7, 11) is 0. The number of carbonyl (C=O) groups excluding carboxylic acids is 2. The van der Waals surface area contributed by atoms with Crippen LogP contribution in [0.15, 0.2) is 91.1 Å². The van der Waals surface area contributed by atoms with E-state index in [1.165, 1.54) is 5.56 Å². The summed E-state index contributed by atoms with van der Waals surface area (Å²) in [5.74, 6) is -0.264. The van der Waals surface area contributed by atoms with Gasteiger partial charge >= 0.3 is 0 Å². The number of benzene rings is 3. The van der Waals surface area contributed by atoms with Crippen LogP contribution in [0.3, 0.4) is 0 Å². The lowest BCUT2D eigenvalue weighted by Crippen LogP contribution is -2.60. The first-order valence-corrected chi connectivity index (χ1v) is 12.9. The number of para-hydroxylation sites is 1. The number of hydrogen-bond donors (Lipinski definition) is 4. The van der Waals surface area contributed by atoms with E-state index in [1.807, 2.05) is 92.8 Å². The molecule has 4 aromatic rings. The molecule has 0 radical (unpaired) electrons. The first-order valence-electron chi connectivity index (χ1n) is 12.9. The van der Waals surface area contributed by atoms with Crippen LogP contribution >= 0.6 is 0 Å². The minimum absolute atomic E-state index is 0.109. The van der Waals surface area contributed by atoms with Gasteiger partial charge < -0.3 is 15.6 Å². The second-order valence-corrected chi connectivity index (χ2v) is 9.93. The number of aromatic nitrogens is 1. The molecular formula is C31H36N4O2. The average molecular weight is 497 g/mol. The van der Waals surface area contributed by atoms with E-state index < -0.39 is 11.6 Å². The minimum atomic E-state index is -0.951. The fraction of sp³-hybridized carbons (Fsp3) is 0.290. The molecular weight excluding hydrogens is 460 g/mol. The molecule has 1 atom stereocenters. The Bertz CT molecular complexity index is 1300. The highest BCUT2D eigenvalue weighted by Crippen LogP contribution is 2.20. The first-order chi connectivity index (χ1) is 17.9. The lowest BCUT2D eigenvalue weighted by atomic mass is 9.98. The van der Waals surface area contributed by atoms with Gasteiger partial charge in [0.15, 0.2) is 0 Å². The van der Waals surface area contributed by atoms with Gasteiger partial charge in [0.05, 0.1) is 11.6 Å². The largest absolute Gasteiger partial charge is 0.361 e. The Morgan fingerprint density at radius 2 is 1.49 bits per heavy atom. The maximum Gasteiger partial charge on any atom is 0.240 e. The van der Waals surface area contributed by atoms with Crippen molar-refractivity contribution >= 4 is 22.7 Å². The number of nitrogens with one attached hydrogen (secondary N) is 4. The van der Waals surface area contributed by atoms with Gasteiger partial charge in [0, 0.05) is 30.2 Å². The monoisotopic (exact) mass is 496 g/mol. The highest BCUT2D eigenvalue weighted by atomic mass is 16.2. The molecule has 4 rings (SSSR count). The number of amides is 2. The van der Waals surface area contributed by atoms with Crippen molar-refractivity contribution in [2.45, 2.75) is 51.2 Å². The van der Waals surface area contributed by atoms with E-state index >= 15 is 0 Å². The fourth-order valence-corrected chi connectivity index (χ4v) is 4.50. The number of fused-ring (bicyclic) bond motifs is 1. The summed E-state index contributed by atoms with van der Waals surface area (Å²) in [5.41, 5.74) is 3.39. The molecule has 1 heterocycles. The van der Waals surface area contributed by atoms with Crippen LogP contribution < -0.4 is 16.0 Å². The second kappa shape index (κ2) is 12.4. The number of hydrogen-bond acceptors (Lipinski definition) is 3. The number of carbonyl (C=O) groups is 2. The van der Waals surface area contributed by atoms with Gasteiger partial charge in [-0.1, -0.05) is 78.9 Å². The molecule has 192 valence electrons. The summed E-state index contributed by atoms with van der Waals surface area (Å²) in [4.78, 5) is 29.8. The number of H-pyrrole nitrogens is 1. The van der Waals surface area contributed by atoms with Gasteiger partial charge in [-0.2, -0.15) is 0 Å². The van der Waals surface area contributed by atoms with Crippen molar-refractivity contribution in [2.24, 2.45) is 0 Å². The van der Waals surface area contributed by atoms with Crippen LogP contribution in [0.5, 0.6) is 0 Å². The predicted octanol–water partition coefficient (Wildman–Crippen LogP) is 4.51. The maximum atomic E-state index is 13.4. The van der Waals surface area contributed by atoms with E-state index in [0.29, 0.717) is 19.5 Å². The molecule has 4 N–H and O–H groups in total. The Morgan fingerprint density at radius 3 is 2.22 bits per heavy atom. The summed E-state index contributed by atoms with van der Waals surface area (Å²) in [6.45, 7) is 4.64. The molecule has 6 heteroatoms. The Balaban J connectivity index is 1.42. The van der Waals surface area contributed by atoms with Crippen molar-refractivity contribution < 1.29 is 9.59 Å². The molecule has 0 spiro atoms. The molecule has 0 aliphatic rings. The molecule has 0 unspecified atom stereocenters. The SMILES string of the molecule is CC(C)(N[C@@H](Cc1c[nH]c2ccccc12)C(=O)NCCCc1ccccc1)C(=O)NCc1ccccc1. The summed E-state index contributed by atoms with van der Waals surface area (Å²) in [6, 6.07) is 27.5. The van der Waals surface area contributed by atoms with Crippen LogP contribution in [-0.2, 0) is 29.0 Å². The first kappa shape index (κ1) is 26.2. The van der Waals surface area contributed by atoms with Crippen LogP contribution in [0.4, 0.5) is 0 Å². The highest BCUT2D eigenvalue weighted by Gasteiger charge is 2.33. The Morgan fingerprint density at radius 1 is 0.838 bits per heavy atom. The zero-order valence-corrected chi connectivity index (χ0v) is 21.6. The van der Waals surface area contributed by atoms with Crippen LogP contribution in [-0.4, -0.2) is 34.9 Å². The van der Waals surface area contributed by atoms with Gasteiger partial charge in [-0.3, -0.25) is 14.9 Å². The van der Waals surface area contributed by atoms with E-state index in [2.05, 4.69) is 33.1 Å². The topological polar surface area (TPSA) is 86.0 Å². The van der Waals surface area contributed by atoms with Crippen molar-refractivity contribution in [3.63, 3.8) is 0 Å². The zero-order valence-electron chi connectivity index (χ0n) is 21.6. The van der Waals surface area contributed by atoms with Crippen LogP contribution in [0.1, 0.15) is 37.0 Å². The van der Waals surface area contributed by atoms with Crippen LogP contribution in [0.2, 0.25) is 0 Å². The summed E-state index contributed by atoms with van der Waals surface area (Å²) < 4.78 is 0. The van der Waals surface area contributed by atoms with E-state index in [0.717, 1.165) is 34.9 Å². The smallest absolute Gasteiger partial charge is 0.240 e. The predicted molar refractivity (Wildman–Crippen MR) is 149 cm³/mol. The molecule has 0 aliphatic carbocycles. The quantitative estimate of drug-likeness (QED) is 0.218. The molecule has 6 nitrogen and oxygen atoms in total. The van der Waals surface area contributed by atoms with Crippen molar-refractivity contribution in [1.82, 2.24) is 20.9 Å². The Labute approximate surface area is 218 Å². The molecule has 0 aliphatic heterocycles. The zero-order chi connectivity index (χ0) is 26.1. The molecule has 1 aromatic heterocycles. The van der Waals surface area contributed by atoms with Gasteiger partial charge in [0.2, 0.25) is 11.8 Å². The van der Waals surface area contributed by atoms with Gasteiger partial charge in [-0.05, 0) is 55.9 Å². The summed E-state index contributed by atoms with van der Waals surface area (Å²) in [5, 5.41) is 10.5. The summed E-state index contributed by atoms with van der Waals surface area (Å²) >= 11 is 0. The van der Waals surface area contributed by atoms with Crippen LogP contribution in [0.25, 0.3) is 10.9 Å². The summed E-state index contributed by atoms with van der Waals surface area (Å²) in [6.07, 6.45) is 4.15. The molecule has 0 saturated carbocycles. The Kier molecular flexibility index (Phi) is 8.75. The van der Waals surface area contributed by atoms with E-state index in [9.17, 15) is 9.59 Å². The molecule has 37 heavy (non-hydrogen) atoms. The van der Waals surface area contributed by atoms with Crippen molar-refractivity contribution in [1.29, 1.82) is 0 Å². The average Bonchev–Trinajstić information content (AvgIpc) is 3.33. The molecule has 0 saturated heterocycles. The van der Waals surface area contributed by atoms with Crippen molar-refractivity contribution in [3.8, 4) is 0 Å². The third-order valence-electron chi connectivity index (χ3n) is 6.60. The van der Waals surface area contributed by atoms with E-state index in [4.69, 9.17) is 0 Å². The normalized spacial score (nSPS) is 12.3. The molecule has 3 aromatic carbocycles.